The number of nitrogens with one attached hydrogen (secondary N) is 1. The summed E-state index contributed by atoms with van der Waals surface area (Å²) in [6.07, 6.45) is 27.2. The lowest BCUT2D eigenvalue weighted by atomic mass is 9.62. The molecule has 0 amide bonds. The smallest absolute Gasteiger partial charge is 0.153 e. The van der Waals surface area contributed by atoms with Crippen molar-refractivity contribution in [1.29, 1.82) is 0 Å². The molecule has 0 fully saturated rings. The third-order valence-electron chi connectivity index (χ3n) is 11.4. The zero-order chi connectivity index (χ0) is 32.2. The van der Waals surface area contributed by atoms with E-state index in [9.17, 15) is 0 Å². The maximum Gasteiger partial charge on any atom is 0.153 e. The fraction of sp³-hybridized carbons (Fsp3) is 0.244. The van der Waals surface area contributed by atoms with E-state index in [1.165, 1.54) is 44.6 Å². The van der Waals surface area contributed by atoms with Gasteiger partial charge in [-0.3, -0.25) is 9.98 Å². The first-order valence-electron chi connectivity index (χ1n) is 17.6. The summed E-state index contributed by atoms with van der Waals surface area (Å²) in [5, 5.41) is 4.07. The van der Waals surface area contributed by atoms with Gasteiger partial charge >= 0.3 is 0 Å². The summed E-state index contributed by atoms with van der Waals surface area (Å²) in [4.78, 5) is 10.3. The summed E-state index contributed by atoms with van der Waals surface area (Å²) in [6, 6.07) is 26.6. The van der Waals surface area contributed by atoms with Crippen LogP contribution in [0.3, 0.4) is 0 Å². The van der Waals surface area contributed by atoms with Crippen molar-refractivity contribution < 1.29 is 0 Å². The molecular formula is C45H41N3. The Balaban J connectivity index is 1.22. The summed E-state index contributed by atoms with van der Waals surface area (Å²) in [7, 11) is 0. The Morgan fingerprint density at radius 3 is 2.42 bits per heavy atom. The average molecular weight is 624 g/mol. The number of hydrogen-bond acceptors (Lipinski definition) is 3. The van der Waals surface area contributed by atoms with Crippen molar-refractivity contribution in [3.63, 3.8) is 0 Å². The van der Waals surface area contributed by atoms with Crippen LogP contribution in [0.15, 0.2) is 132 Å². The van der Waals surface area contributed by atoms with Crippen molar-refractivity contribution >= 4 is 17.9 Å². The van der Waals surface area contributed by atoms with Crippen molar-refractivity contribution in [1.82, 2.24) is 10.3 Å². The third kappa shape index (κ3) is 4.79. The van der Waals surface area contributed by atoms with E-state index in [0.717, 1.165) is 48.2 Å². The van der Waals surface area contributed by atoms with E-state index < -0.39 is 5.66 Å². The topological polar surface area (TPSA) is 37.3 Å². The fourth-order valence-electron chi connectivity index (χ4n) is 8.98. The highest BCUT2D eigenvalue weighted by atomic mass is 15.2. The molecule has 4 aliphatic carbocycles. The number of aromatic nitrogens is 1. The molecule has 2 heterocycles. The minimum atomic E-state index is -0.650. The number of fused-ring (bicyclic) bond motifs is 6. The van der Waals surface area contributed by atoms with Gasteiger partial charge in [0, 0.05) is 34.9 Å². The lowest BCUT2D eigenvalue weighted by Gasteiger charge is -2.45. The van der Waals surface area contributed by atoms with E-state index in [-0.39, 0.29) is 5.92 Å². The van der Waals surface area contributed by atoms with Crippen LogP contribution in [-0.4, -0.2) is 10.7 Å². The Kier molecular flexibility index (Phi) is 7.04. The Bertz CT molecular complexity index is 2090. The van der Waals surface area contributed by atoms with Gasteiger partial charge in [-0.05, 0) is 108 Å². The Hall–Kier alpha value is -5.02. The number of allylic oxidation sites excluding steroid dienone is 8. The van der Waals surface area contributed by atoms with Gasteiger partial charge < -0.3 is 5.32 Å². The molecule has 5 unspecified atom stereocenters. The molecule has 9 rings (SSSR count). The molecule has 3 heteroatoms. The first-order valence-corrected chi connectivity index (χ1v) is 17.6. The molecule has 0 saturated heterocycles. The van der Waals surface area contributed by atoms with E-state index in [4.69, 9.17) is 4.99 Å². The van der Waals surface area contributed by atoms with Crippen LogP contribution < -0.4 is 5.32 Å². The van der Waals surface area contributed by atoms with Gasteiger partial charge in [-0.15, -0.1) is 0 Å². The van der Waals surface area contributed by atoms with Crippen LogP contribution in [0.5, 0.6) is 0 Å². The van der Waals surface area contributed by atoms with Crippen LogP contribution in [-0.2, 0) is 18.5 Å². The van der Waals surface area contributed by atoms with Gasteiger partial charge in [-0.1, -0.05) is 110 Å². The zero-order valence-corrected chi connectivity index (χ0v) is 27.7. The van der Waals surface area contributed by atoms with Gasteiger partial charge in [-0.25, -0.2) is 0 Å². The van der Waals surface area contributed by atoms with Gasteiger partial charge in [0.05, 0.1) is 11.4 Å². The number of rotatable bonds is 4. The summed E-state index contributed by atoms with van der Waals surface area (Å²) < 4.78 is 0. The number of nitrogens with zero attached hydrogens (tertiary/aromatic N) is 2. The quantitative estimate of drug-likeness (QED) is 0.246. The minimum Gasteiger partial charge on any atom is -0.361 e. The normalized spacial score (nSPS) is 26.4. The maximum atomic E-state index is 5.67. The van der Waals surface area contributed by atoms with Crippen LogP contribution in [0.25, 0.3) is 23.4 Å². The molecule has 0 radical (unpaired) electrons. The van der Waals surface area contributed by atoms with E-state index in [2.05, 4.69) is 139 Å². The molecule has 0 bridgehead atoms. The number of benzene rings is 3. The van der Waals surface area contributed by atoms with Crippen LogP contribution in [0.1, 0.15) is 83.0 Å². The monoisotopic (exact) mass is 623 g/mol. The van der Waals surface area contributed by atoms with Crippen LogP contribution in [0.4, 0.5) is 0 Å². The average Bonchev–Trinajstić information content (AvgIpc) is 3.15. The predicted octanol–water partition coefficient (Wildman–Crippen LogP) is 10.1. The second-order valence-electron chi connectivity index (χ2n) is 14.2. The zero-order valence-electron chi connectivity index (χ0n) is 27.7. The minimum absolute atomic E-state index is 0.215. The van der Waals surface area contributed by atoms with E-state index in [0.29, 0.717) is 17.8 Å². The van der Waals surface area contributed by atoms with Crippen molar-refractivity contribution in [3.05, 3.63) is 172 Å². The molecule has 4 aromatic rings. The Labute approximate surface area is 284 Å². The fourth-order valence-corrected chi connectivity index (χ4v) is 8.98. The predicted molar refractivity (Wildman–Crippen MR) is 199 cm³/mol. The standard InChI is InChI=1S/C45H41N3/c1-29-33-14-5-6-16-35(33)37-18-9-10-20-39(37)44(29)43-28-42(40-27-31-13-3-4-15-34(31)36-17-7-8-19-38(36)40)47-45(2,48-43)32-24-22-30(23-25-32)41-21-11-12-26-46-41/h4-7,9-12,14-18,20-29,33,35,44,48H,3,8,13,19H2,1-2H3. The highest BCUT2D eigenvalue weighted by Crippen LogP contribution is 2.52. The van der Waals surface area contributed by atoms with E-state index >= 15 is 0 Å². The van der Waals surface area contributed by atoms with E-state index in [1.807, 2.05) is 18.3 Å². The van der Waals surface area contributed by atoms with Crippen molar-refractivity contribution in [2.24, 2.45) is 16.8 Å². The Morgan fingerprint density at radius 2 is 1.58 bits per heavy atom. The highest BCUT2D eigenvalue weighted by molar-refractivity contribution is 6.12. The summed E-state index contributed by atoms with van der Waals surface area (Å²) in [6.45, 7) is 4.71. The van der Waals surface area contributed by atoms with Gasteiger partial charge in [-0.2, -0.15) is 0 Å². The molecule has 1 aliphatic heterocycles. The SMILES string of the molecule is CC1C(C2=CC(c3cc4c(c5c3CCC=C5)C=CCC4)=NC(C)(c3ccc(-c4ccccn4)cc3)N2)c2ccccc2C2C=CC=CC21. The first-order chi connectivity index (χ1) is 23.6. The summed E-state index contributed by atoms with van der Waals surface area (Å²) in [5.74, 6) is 1.48. The lowest BCUT2D eigenvalue weighted by molar-refractivity contribution is 0.301. The molecule has 1 N–H and O–H groups in total. The maximum absolute atomic E-state index is 5.67. The molecule has 3 nitrogen and oxygen atoms in total. The van der Waals surface area contributed by atoms with Crippen molar-refractivity contribution in [3.8, 4) is 11.3 Å². The van der Waals surface area contributed by atoms with Crippen LogP contribution >= 0.6 is 0 Å². The summed E-state index contributed by atoms with van der Waals surface area (Å²) in [5.41, 5.74) is 14.8. The first kappa shape index (κ1) is 29.1. The van der Waals surface area contributed by atoms with Gasteiger partial charge in [0.2, 0.25) is 0 Å². The largest absolute Gasteiger partial charge is 0.361 e. The highest BCUT2D eigenvalue weighted by Gasteiger charge is 2.43. The molecule has 1 aromatic heterocycles. The van der Waals surface area contributed by atoms with Gasteiger partial charge in [0.15, 0.2) is 5.66 Å². The molecule has 3 aromatic carbocycles. The third-order valence-corrected chi connectivity index (χ3v) is 11.4. The molecule has 236 valence electrons. The second kappa shape index (κ2) is 11.6. The summed E-state index contributed by atoms with van der Waals surface area (Å²) >= 11 is 0. The number of aryl methyl sites for hydroxylation is 1. The molecule has 48 heavy (non-hydrogen) atoms. The van der Waals surface area contributed by atoms with E-state index in [1.54, 1.807) is 0 Å². The number of pyridine rings is 1. The number of aliphatic imine (C=N–C) groups is 1. The lowest BCUT2D eigenvalue weighted by Crippen LogP contribution is -2.45. The molecule has 0 saturated carbocycles. The van der Waals surface area contributed by atoms with Crippen LogP contribution in [0, 0.1) is 11.8 Å². The number of hydrogen-bond donors (Lipinski definition) is 1. The van der Waals surface area contributed by atoms with Crippen LogP contribution in [0.2, 0.25) is 0 Å². The van der Waals surface area contributed by atoms with Gasteiger partial charge in [0.25, 0.3) is 0 Å². The van der Waals surface area contributed by atoms with Crippen molar-refractivity contribution in [2.75, 3.05) is 0 Å². The van der Waals surface area contributed by atoms with Crippen molar-refractivity contribution in [2.45, 2.75) is 57.0 Å². The molecule has 5 atom stereocenters. The molecule has 0 spiro atoms. The second-order valence-corrected chi connectivity index (χ2v) is 14.2. The van der Waals surface area contributed by atoms with Gasteiger partial charge in [0.1, 0.15) is 0 Å². The Morgan fingerprint density at radius 1 is 0.812 bits per heavy atom. The molecule has 5 aliphatic rings. The molecular weight excluding hydrogens is 583 g/mol.